The fourth-order valence-corrected chi connectivity index (χ4v) is 2.93. The van der Waals surface area contributed by atoms with Crippen LogP contribution >= 0.6 is 0 Å². The van der Waals surface area contributed by atoms with Crippen LogP contribution in [0.5, 0.6) is 0 Å². The van der Waals surface area contributed by atoms with Crippen molar-refractivity contribution in [3.63, 3.8) is 0 Å². The Morgan fingerprint density at radius 2 is 1.41 bits per heavy atom. The smallest absolute Gasteiger partial charge is 0.251 e. The van der Waals surface area contributed by atoms with E-state index < -0.39 is 0 Å². The second kappa shape index (κ2) is 11.3. The summed E-state index contributed by atoms with van der Waals surface area (Å²) in [5, 5.41) is 11.5. The summed E-state index contributed by atoms with van der Waals surface area (Å²) in [6, 6.07) is 23.6. The summed E-state index contributed by atoms with van der Waals surface area (Å²) in [5.74, 6) is -0.505. The normalized spacial score (nSPS) is 10.2. The number of hydrogen-bond donors (Lipinski definition) is 4. The monoisotopic (exact) mass is 430 g/mol. The molecule has 0 aliphatic carbocycles. The average molecular weight is 431 g/mol. The maximum absolute atomic E-state index is 12.4. The minimum absolute atomic E-state index is 0.0546. The molecule has 0 aliphatic rings. The van der Waals surface area contributed by atoms with Crippen LogP contribution in [0.4, 0.5) is 17.1 Å². The van der Waals surface area contributed by atoms with E-state index in [9.17, 15) is 14.4 Å². The van der Waals surface area contributed by atoms with Crippen molar-refractivity contribution in [1.29, 1.82) is 0 Å². The Morgan fingerprint density at radius 1 is 0.719 bits per heavy atom. The summed E-state index contributed by atoms with van der Waals surface area (Å²) < 4.78 is 0. The molecule has 0 aromatic heterocycles. The van der Waals surface area contributed by atoms with Gasteiger partial charge in [-0.15, -0.1) is 0 Å². The van der Waals surface area contributed by atoms with E-state index in [1.54, 1.807) is 55.5 Å². The molecular weight excluding hydrogens is 404 g/mol. The third-order valence-electron chi connectivity index (χ3n) is 4.65. The number of amides is 3. The predicted molar refractivity (Wildman–Crippen MR) is 127 cm³/mol. The molecule has 32 heavy (non-hydrogen) atoms. The Balaban J connectivity index is 1.48. The van der Waals surface area contributed by atoms with Crippen molar-refractivity contribution >= 4 is 34.8 Å². The zero-order valence-electron chi connectivity index (χ0n) is 17.9. The molecule has 3 rings (SSSR count). The van der Waals surface area contributed by atoms with Crippen molar-refractivity contribution in [3.05, 3.63) is 90.0 Å². The van der Waals surface area contributed by atoms with Crippen molar-refractivity contribution in [2.75, 3.05) is 22.5 Å². The molecule has 3 aromatic carbocycles. The molecule has 0 aliphatic heterocycles. The molecule has 0 atom stereocenters. The molecule has 164 valence electrons. The lowest BCUT2D eigenvalue weighted by Crippen LogP contribution is -2.24. The van der Waals surface area contributed by atoms with E-state index in [2.05, 4.69) is 21.3 Å². The van der Waals surface area contributed by atoms with Gasteiger partial charge in [-0.2, -0.15) is 0 Å². The topological polar surface area (TPSA) is 99.3 Å². The highest BCUT2D eigenvalue weighted by Crippen LogP contribution is 2.14. The lowest BCUT2D eigenvalue weighted by Gasteiger charge is -2.10. The van der Waals surface area contributed by atoms with Gasteiger partial charge in [0.05, 0.1) is 6.54 Å². The summed E-state index contributed by atoms with van der Waals surface area (Å²) in [4.78, 5) is 36.1. The van der Waals surface area contributed by atoms with Crippen LogP contribution in [0.3, 0.4) is 0 Å². The highest BCUT2D eigenvalue weighted by molar-refractivity contribution is 5.98. The summed E-state index contributed by atoms with van der Waals surface area (Å²) in [6.07, 6.45) is 0.413. The minimum atomic E-state index is -0.241. The second-order valence-corrected chi connectivity index (χ2v) is 7.13. The summed E-state index contributed by atoms with van der Waals surface area (Å²) in [7, 11) is 0. The van der Waals surface area contributed by atoms with E-state index >= 15 is 0 Å². The van der Waals surface area contributed by atoms with E-state index in [1.807, 2.05) is 30.3 Å². The van der Waals surface area contributed by atoms with Gasteiger partial charge in [-0.25, -0.2) is 0 Å². The third kappa shape index (κ3) is 6.98. The summed E-state index contributed by atoms with van der Waals surface area (Å²) in [6.45, 7) is 2.28. The minimum Gasteiger partial charge on any atom is -0.376 e. The van der Waals surface area contributed by atoms with Gasteiger partial charge in [-0.3, -0.25) is 14.4 Å². The maximum Gasteiger partial charge on any atom is 0.251 e. The predicted octanol–water partition coefficient (Wildman–Crippen LogP) is 4.02. The molecular formula is C25H26N4O3. The molecule has 3 aromatic rings. The van der Waals surface area contributed by atoms with Crippen LogP contribution in [0.25, 0.3) is 0 Å². The lowest BCUT2D eigenvalue weighted by atomic mass is 10.1. The summed E-state index contributed by atoms with van der Waals surface area (Å²) in [5.41, 5.74) is 3.48. The zero-order chi connectivity index (χ0) is 22.8. The Morgan fingerprint density at radius 3 is 2.12 bits per heavy atom. The first-order valence-corrected chi connectivity index (χ1v) is 10.4. The van der Waals surface area contributed by atoms with Crippen molar-refractivity contribution in [2.45, 2.75) is 19.9 Å². The molecule has 0 saturated carbocycles. The van der Waals surface area contributed by atoms with Crippen LogP contribution in [0.2, 0.25) is 0 Å². The van der Waals surface area contributed by atoms with Gasteiger partial charge in [-0.05, 0) is 48.0 Å². The van der Waals surface area contributed by atoms with Gasteiger partial charge in [0.1, 0.15) is 0 Å². The SMILES string of the molecule is CCC(=O)Nc1ccc(NCC(=O)Nc2cccc(C(=O)NCc3ccccc3)c2)cc1. The van der Waals surface area contributed by atoms with E-state index in [0.717, 1.165) is 11.3 Å². The summed E-state index contributed by atoms with van der Waals surface area (Å²) >= 11 is 0. The standard InChI is InChI=1S/C25H26N4O3/c1-2-23(30)28-21-13-11-20(12-14-21)26-17-24(31)29-22-10-6-9-19(15-22)25(32)27-16-18-7-4-3-5-8-18/h3-15,26H,2,16-17H2,1H3,(H,27,32)(H,28,30)(H,29,31). The van der Waals surface area contributed by atoms with Crippen molar-refractivity contribution in [1.82, 2.24) is 5.32 Å². The fraction of sp³-hybridized carbons (Fsp3) is 0.160. The number of nitrogens with one attached hydrogen (secondary N) is 4. The molecule has 0 unspecified atom stereocenters. The number of hydrogen-bond acceptors (Lipinski definition) is 4. The van der Waals surface area contributed by atoms with Crippen LogP contribution in [0, 0.1) is 0 Å². The van der Waals surface area contributed by atoms with Crippen molar-refractivity contribution in [3.8, 4) is 0 Å². The van der Waals surface area contributed by atoms with E-state index in [0.29, 0.717) is 29.9 Å². The van der Waals surface area contributed by atoms with Crippen LogP contribution < -0.4 is 21.3 Å². The highest BCUT2D eigenvalue weighted by atomic mass is 16.2. The van der Waals surface area contributed by atoms with Gasteiger partial charge in [0.2, 0.25) is 11.8 Å². The largest absolute Gasteiger partial charge is 0.376 e. The van der Waals surface area contributed by atoms with Crippen LogP contribution in [0.1, 0.15) is 29.3 Å². The van der Waals surface area contributed by atoms with E-state index in [1.165, 1.54) is 0 Å². The van der Waals surface area contributed by atoms with Crippen molar-refractivity contribution < 1.29 is 14.4 Å². The maximum atomic E-state index is 12.4. The fourth-order valence-electron chi connectivity index (χ4n) is 2.93. The lowest BCUT2D eigenvalue weighted by molar-refractivity contribution is -0.116. The highest BCUT2D eigenvalue weighted by Gasteiger charge is 2.08. The number of carbonyl (C=O) groups excluding carboxylic acids is 3. The molecule has 0 saturated heterocycles. The molecule has 0 bridgehead atoms. The average Bonchev–Trinajstić information content (AvgIpc) is 2.83. The first-order valence-electron chi connectivity index (χ1n) is 10.4. The second-order valence-electron chi connectivity index (χ2n) is 7.13. The van der Waals surface area contributed by atoms with Crippen LogP contribution in [0.15, 0.2) is 78.9 Å². The number of anilines is 3. The van der Waals surface area contributed by atoms with Gasteiger partial charge in [0.15, 0.2) is 0 Å². The quantitative estimate of drug-likeness (QED) is 0.412. The molecule has 0 fully saturated rings. The molecule has 7 heteroatoms. The number of benzene rings is 3. The molecule has 0 radical (unpaired) electrons. The van der Waals surface area contributed by atoms with Gasteiger partial charge < -0.3 is 21.3 Å². The number of rotatable bonds is 9. The molecule has 7 nitrogen and oxygen atoms in total. The van der Waals surface area contributed by atoms with E-state index in [-0.39, 0.29) is 24.3 Å². The number of carbonyl (C=O) groups is 3. The Kier molecular flexibility index (Phi) is 7.97. The third-order valence-corrected chi connectivity index (χ3v) is 4.65. The Hall–Kier alpha value is -4.13. The zero-order valence-corrected chi connectivity index (χ0v) is 17.9. The molecule has 3 amide bonds. The Bertz CT molecular complexity index is 1070. The van der Waals surface area contributed by atoms with Crippen LogP contribution in [-0.4, -0.2) is 24.3 Å². The Labute approximate surface area is 187 Å². The van der Waals surface area contributed by atoms with Gasteiger partial charge in [-0.1, -0.05) is 43.3 Å². The van der Waals surface area contributed by atoms with Gasteiger partial charge in [0.25, 0.3) is 5.91 Å². The first-order chi connectivity index (χ1) is 15.5. The molecule has 0 heterocycles. The first kappa shape index (κ1) is 22.6. The van der Waals surface area contributed by atoms with E-state index in [4.69, 9.17) is 0 Å². The van der Waals surface area contributed by atoms with Crippen molar-refractivity contribution in [2.24, 2.45) is 0 Å². The van der Waals surface area contributed by atoms with Gasteiger partial charge >= 0.3 is 0 Å². The molecule has 4 N–H and O–H groups in total. The van der Waals surface area contributed by atoms with Crippen LogP contribution in [-0.2, 0) is 16.1 Å². The van der Waals surface area contributed by atoms with Gasteiger partial charge in [0, 0.05) is 35.6 Å². The molecule has 0 spiro atoms.